The Morgan fingerprint density at radius 2 is 1.66 bits per heavy atom. The molecule has 1 amide bonds. The summed E-state index contributed by atoms with van der Waals surface area (Å²) >= 11 is 5.91. The first-order valence-corrected chi connectivity index (χ1v) is 11.3. The number of hydrogen-bond acceptors (Lipinski definition) is 5. The summed E-state index contributed by atoms with van der Waals surface area (Å²) in [6.45, 7) is -0.210. The Morgan fingerprint density at radius 1 is 1.00 bits per heavy atom. The second-order valence-electron chi connectivity index (χ2n) is 6.91. The number of methoxy groups -OCH3 is 1. The van der Waals surface area contributed by atoms with Gasteiger partial charge >= 0.3 is 5.97 Å². The molecule has 0 fully saturated rings. The molecule has 0 saturated heterocycles. The molecule has 0 saturated carbocycles. The van der Waals surface area contributed by atoms with Crippen molar-refractivity contribution in [1.82, 2.24) is 4.31 Å². The number of carbonyl (C=O) groups excluding carboxylic acids is 2. The number of nitrogens with zero attached hydrogens (tertiary/aromatic N) is 1. The first-order valence-electron chi connectivity index (χ1n) is 9.53. The zero-order chi connectivity index (χ0) is 23.3. The lowest BCUT2D eigenvalue weighted by Crippen LogP contribution is -2.41. The van der Waals surface area contributed by atoms with E-state index in [4.69, 9.17) is 22.1 Å². The van der Waals surface area contributed by atoms with Gasteiger partial charge in [0.25, 0.3) is 0 Å². The monoisotopic (exact) mass is 472 g/mol. The molecule has 0 spiro atoms. The smallest absolute Gasteiger partial charge is 0.337 e. The van der Waals surface area contributed by atoms with Crippen LogP contribution in [0.5, 0.6) is 0 Å². The van der Waals surface area contributed by atoms with Crippen LogP contribution in [0.3, 0.4) is 0 Å². The molecule has 0 aliphatic carbocycles. The summed E-state index contributed by atoms with van der Waals surface area (Å²) in [7, 11) is -2.93. The van der Waals surface area contributed by atoms with Crippen LogP contribution in [0.4, 0.5) is 0 Å². The van der Waals surface area contributed by atoms with Gasteiger partial charge in [-0.1, -0.05) is 54.1 Å². The van der Waals surface area contributed by atoms with E-state index < -0.39 is 27.9 Å². The zero-order valence-electron chi connectivity index (χ0n) is 17.1. The molecule has 1 atom stereocenters. The molecule has 166 valence electrons. The number of ether oxygens (including phenoxy) is 1. The first-order chi connectivity index (χ1) is 15.2. The molecule has 0 heterocycles. The molecule has 0 radical (unpaired) electrons. The quantitative estimate of drug-likeness (QED) is 0.504. The third kappa shape index (κ3) is 5.16. The summed E-state index contributed by atoms with van der Waals surface area (Å²) in [6, 6.07) is 19.1. The van der Waals surface area contributed by atoms with Gasteiger partial charge in [0, 0.05) is 11.6 Å². The van der Waals surface area contributed by atoms with Crippen LogP contribution in [0.2, 0.25) is 5.02 Å². The number of sulfonamides is 1. The molecule has 32 heavy (non-hydrogen) atoms. The summed E-state index contributed by atoms with van der Waals surface area (Å²) in [5.74, 6) is -1.40. The van der Waals surface area contributed by atoms with Crippen molar-refractivity contribution in [1.29, 1.82) is 0 Å². The van der Waals surface area contributed by atoms with Crippen LogP contribution in [0, 0.1) is 0 Å². The molecule has 2 N–H and O–H groups in total. The lowest BCUT2D eigenvalue weighted by molar-refractivity contribution is -0.122. The van der Waals surface area contributed by atoms with Crippen molar-refractivity contribution in [3.63, 3.8) is 0 Å². The highest BCUT2D eigenvalue weighted by Gasteiger charge is 2.36. The first kappa shape index (κ1) is 23.5. The van der Waals surface area contributed by atoms with Gasteiger partial charge in [-0.3, -0.25) is 4.79 Å². The minimum Gasteiger partial charge on any atom is -0.465 e. The summed E-state index contributed by atoms with van der Waals surface area (Å²) in [5, 5.41) is 0.371. The third-order valence-electron chi connectivity index (χ3n) is 4.78. The van der Waals surface area contributed by atoms with E-state index in [9.17, 15) is 18.0 Å². The maximum absolute atomic E-state index is 13.6. The van der Waals surface area contributed by atoms with E-state index in [1.54, 1.807) is 48.5 Å². The van der Waals surface area contributed by atoms with Gasteiger partial charge in [-0.2, -0.15) is 4.31 Å². The lowest BCUT2D eigenvalue weighted by Gasteiger charge is -2.29. The third-order valence-corrected chi connectivity index (χ3v) is 6.86. The van der Waals surface area contributed by atoms with Crippen LogP contribution in [-0.4, -0.2) is 31.7 Å². The lowest BCUT2D eigenvalue weighted by atomic mass is 10.1. The van der Waals surface area contributed by atoms with Crippen LogP contribution in [0.25, 0.3) is 0 Å². The Bertz CT molecular complexity index is 1210. The van der Waals surface area contributed by atoms with Crippen molar-refractivity contribution in [3.8, 4) is 0 Å². The number of rotatable bonds is 8. The molecular weight excluding hydrogens is 452 g/mol. The molecule has 3 aromatic rings. The number of esters is 1. The minimum absolute atomic E-state index is 0.0480. The van der Waals surface area contributed by atoms with Crippen LogP contribution in [0.15, 0.2) is 83.8 Å². The van der Waals surface area contributed by atoms with Gasteiger partial charge in [0.1, 0.15) is 6.04 Å². The van der Waals surface area contributed by atoms with Crippen LogP contribution in [0.1, 0.15) is 27.5 Å². The molecule has 0 bridgehead atoms. The van der Waals surface area contributed by atoms with Crippen molar-refractivity contribution < 1.29 is 22.7 Å². The van der Waals surface area contributed by atoms with Gasteiger partial charge in [-0.25, -0.2) is 13.2 Å². The predicted molar refractivity (Wildman–Crippen MR) is 120 cm³/mol. The maximum atomic E-state index is 13.6. The summed E-state index contributed by atoms with van der Waals surface area (Å²) in [5.41, 5.74) is 6.83. The van der Waals surface area contributed by atoms with E-state index in [1.807, 2.05) is 0 Å². The highest BCUT2D eigenvalue weighted by atomic mass is 35.5. The van der Waals surface area contributed by atoms with Gasteiger partial charge in [-0.15, -0.1) is 0 Å². The summed E-state index contributed by atoms with van der Waals surface area (Å²) in [4.78, 5) is 24.4. The largest absolute Gasteiger partial charge is 0.465 e. The van der Waals surface area contributed by atoms with Gasteiger partial charge in [0.15, 0.2) is 0 Å². The van der Waals surface area contributed by atoms with Gasteiger partial charge in [0.2, 0.25) is 15.9 Å². The van der Waals surface area contributed by atoms with Crippen molar-refractivity contribution in [3.05, 3.63) is 101 Å². The number of amides is 1. The Balaban J connectivity index is 2.14. The molecule has 0 aliphatic heterocycles. The molecule has 7 nitrogen and oxygen atoms in total. The zero-order valence-corrected chi connectivity index (χ0v) is 18.7. The van der Waals surface area contributed by atoms with Gasteiger partial charge < -0.3 is 10.5 Å². The van der Waals surface area contributed by atoms with Crippen LogP contribution < -0.4 is 5.73 Å². The second kappa shape index (κ2) is 9.95. The van der Waals surface area contributed by atoms with Crippen molar-refractivity contribution in [2.75, 3.05) is 7.11 Å². The van der Waals surface area contributed by atoms with E-state index in [1.165, 1.54) is 37.4 Å². The Kier molecular flexibility index (Phi) is 7.29. The average molecular weight is 473 g/mol. The van der Waals surface area contributed by atoms with Crippen molar-refractivity contribution >= 4 is 33.5 Å². The summed E-state index contributed by atoms with van der Waals surface area (Å²) < 4.78 is 33.0. The normalized spacial score (nSPS) is 12.3. The number of primary amides is 1. The van der Waals surface area contributed by atoms with E-state index in [0.29, 0.717) is 16.1 Å². The molecule has 3 aromatic carbocycles. The SMILES string of the molecule is COC(=O)c1cccc(CN(C(C(N)=O)c2ccccc2)S(=O)(=O)c2ccc(Cl)cc2)c1. The maximum Gasteiger partial charge on any atom is 0.337 e. The van der Waals surface area contributed by atoms with E-state index in [-0.39, 0.29) is 17.0 Å². The van der Waals surface area contributed by atoms with Gasteiger partial charge in [-0.05, 0) is 47.5 Å². The van der Waals surface area contributed by atoms with Crippen LogP contribution in [-0.2, 0) is 26.1 Å². The highest BCUT2D eigenvalue weighted by Crippen LogP contribution is 2.30. The number of halogens is 1. The highest BCUT2D eigenvalue weighted by molar-refractivity contribution is 7.89. The fraction of sp³-hybridized carbons (Fsp3) is 0.130. The molecule has 1 unspecified atom stereocenters. The molecule has 9 heteroatoms. The fourth-order valence-corrected chi connectivity index (χ4v) is 4.96. The second-order valence-corrected chi connectivity index (χ2v) is 9.24. The number of hydrogen-bond donors (Lipinski definition) is 1. The number of nitrogens with two attached hydrogens (primary N) is 1. The van der Waals surface area contributed by atoms with Crippen LogP contribution >= 0.6 is 11.6 Å². The predicted octanol–water partition coefficient (Wildman–Crippen LogP) is 3.54. The average Bonchev–Trinajstić information content (AvgIpc) is 2.79. The topological polar surface area (TPSA) is 107 Å². The molecule has 3 rings (SSSR count). The van der Waals surface area contributed by atoms with Gasteiger partial charge in [0.05, 0.1) is 17.6 Å². The Hall–Kier alpha value is -3.20. The van der Waals surface area contributed by atoms with E-state index in [2.05, 4.69) is 0 Å². The molecule has 0 aromatic heterocycles. The number of benzene rings is 3. The van der Waals surface area contributed by atoms with E-state index in [0.717, 1.165) is 4.31 Å². The summed E-state index contributed by atoms with van der Waals surface area (Å²) in [6.07, 6.45) is 0. The Labute approximate surface area is 191 Å². The van der Waals surface area contributed by atoms with Crippen molar-refractivity contribution in [2.45, 2.75) is 17.5 Å². The van der Waals surface area contributed by atoms with E-state index >= 15 is 0 Å². The Morgan fingerprint density at radius 3 is 2.25 bits per heavy atom. The number of carbonyl (C=O) groups is 2. The molecular formula is C23H21ClN2O5S. The standard InChI is InChI=1S/C23H21ClN2O5S/c1-31-23(28)18-9-5-6-16(14-18)15-26(21(22(25)27)17-7-3-2-4-8-17)32(29,30)20-12-10-19(24)11-13-20/h2-14,21H,15H2,1H3,(H2,25,27). The fourth-order valence-electron chi connectivity index (χ4n) is 3.26. The van der Waals surface area contributed by atoms with Crippen molar-refractivity contribution in [2.24, 2.45) is 5.73 Å². The molecule has 0 aliphatic rings. The minimum atomic E-state index is -4.19.